The predicted molar refractivity (Wildman–Crippen MR) is 167 cm³/mol. The minimum Gasteiger partial charge on any atom is -0.497 e. The first-order chi connectivity index (χ1) is 19.9. The summed E-state index contributed by atoms with van der Waals surface area (Å²) in [6, 6.07) is 22.6. The summed E-state index contributed by atoms with van der Waals surface area (Å²) in [5.74, 6) is 3.47. The molecule has 0 aliphatic carbocycles. The third-order valence-electron chi connectivity index (χ3n) is 7.48. The first kappa shape index (κ1) is 30.2. The van der Waals surface area contributed by atoms with Crippen molar-refractivity contribution in [3.63, 3.8) is 0 Å². The summed E-state index contributed by atoms with van der Waals surface area (Å²) in [7, 11) is 1.64. The number of carbonyl (C=O) groups is 1. The van der Waals surface area contributed by atoms with Crippen LogP contribution in [0.25, 0.3) is 11.0 Å². The summed E-state index contributed by atoms with van der Waals surface area (Å²) < 4.78 is 13.8. The smallest absolute Gasteiger partial charge is 0.224 e. The van der Waals surface area contributed by atoms with Crippen molar-refractivity contribution in [2.75, 3.05) is 20.3 Å². The van der Waals surface area contributed by atoms with Crippen LogP contribution in [0, 0.1) is 6.92 Å². The first-order valence-electron chi connectivity index (χ1n) is 15.0. The first-order valence-corrected chi connectivity index (χ1v) is 15.0. The summed E-state index contributed by atoms with van der Waals surface area (Å²) in [6.07, 6.45) is 6.42. The molecule has 4 rings (SSSR count). The van der Waals surface area contributed by atoms with E-state index in [0.717, 1.165) is 80.1 Å². The van der Waals surface area contributed by atoms with Gasteiger partial charge in [0.2, 0.25) is 5.91 Å². The van der Waals surface area contributed by atoms with E-state index in [0.29, 0.717) is 18.9 Å². The summed E-state index contributed by atoms with van der Waals surface area (Å²) >= 11 is 0. The largest absolute Gasteiger partial charge is 0.497 e. The van der Waals surface area contributed by atoms with E-state index in [9.17, 15) is 4.79 Å². The Bertz CT molecular complexity index is 1390. The molecule has 0 atom stereocenters. The number of aryl methyl sites for hydroxylation is 3. The number of amides is 1. The molecular formula is C35H45N3O3. The Labute approximate surface area is 245 Å². The van der Waals surface area contributed by atoms with Crippen LogP contribution < -0.4 is 14.8 Å². The number of benzene rings is 3. The number of aromatic nitrogens is 2. The van der Waals surface area contributed by atoms with Gasteiger partial charge in [0.15, 0.2) is 0 Å². The van der Waals surface area contributed by atoms with E-state index >= 15 is 0 Å². The molecule has 0 spiro atoms. The van der Waals surface area contributed by atoms with Crippen molar-refractivity contribution in [1.82, 2.24) is 14.9 Å². The summed E-state index contributed by atoms with van der Waals surface area (Å²) in [6.45, 7) is 8.89. The van der Waals surface area contributed by atoms with Crippen LogP contribution in [0.5, 0.6) is 11.5 Å². The minimum absolute atomic E-state index is 0.0590. The number of rotatable bonds is 16. The minimum atomic E-state index is 0.0590. The standard InChI is InChI=1S/C35H45N3O3/c1-26(2)30-20-15-27(3)24-33(30)41-23-11-10-22-38-32-13-8-7-12-31(32)37-34(38)14-6-5-9-21-36-35(39)25-28-16-18-29(40-4)19-17-28/h7-8,12-13,15-20,24,26H,5-6,9-11,14,21-23,25H2,1-4H3,(H,36,39). The Balaban J connectivity index is 1.20. The molecule has 1 aromatic heterocycles. The highest BCUT2D eigenvalue weighted by atomic mass is 16.5. The molecule has 41 heavy (non-hydrogen) atoms. The maximum absolute atomic E-state index is 12.3. The van der Waals surface area contributed by atoms with E-state index in [1.807, 2.05) is 24.3 Å². The van der Waals surface area contributed by atoms with Crippen molar-refractivity contribution in [2.24, 2.45) is 0 Å². The molecule has 1 N–H and O–H groups in total. The van der Waals surface area contributed by atoms with Gasteiger partial charge in [0.25, 0.3) is 0 Å². The van der Waals surface area contributed by atoms with Gasteiger partial charge in [-0.25, -0.2) is 4.98 Å². The number of hydrogen-bond donors (Lipinski definition) is 1. The summed E-state index contributed by atoms with van der Waals surface area (Å²) in [5, 5.41) is 3.05. The average molecular weight is 556 g/mol. The third kappa shape index (κ3) is 8.84. The molecule has 0 aliphatic rings. The zero-order valence-corrected chi connectivity index (χ0v) is 25.1. The second-order valence-corrected chi connectivity index (χ2v) is 11.1. The van der Waals surface area contributed by atoms with Gasteiger partial charge in [0.05, 0.1) is 31.2 Å². The summed E-state index contributed by atoms with van der Waals surface area (Å²) in [4.78, 5) is 17.2. The van der Waals surface area contributed by atoms with Crippen LogP contribution >= 0.6 is 0 Å². The zero-order valence-electron chi connectivity index (χ0n) is 25.1. The molecule has 0 radical (unpaired) electrons. The lowest BCUT2D eigenvalue weighted by molar-refractivity contribution is -0.120. The second kappa shape index (κ2) is 15.3. The topological polar surface area (TPSA) is 65.4 Å². The number of nitrogens with one attached hydrogen (secondary N) is 1. The Morgan fingerprint density at radius 1 is 0.951 bits per heavy atom. The molecule has 3 aromatic carbocycles. The molecule has 218 valence electrons. The Morgan fingerprint density at radius 2 is 1.76 bits per heavy atom. The number of methoxy groups -OCH3 is 1. The van der Waals surface area contributed by atoms with E-state index in [1.165, 1.54) is 16.6 Å². The van der Waals surface area contributed by atoms with Crippen LogP contribution in [-0.4, -0.2) is 35.7 Å². The lowest BCUT2D eigenvalue weighted by Gasteiger charge is -2.15. The maximum Gasteiger partial charge on any atom is 0.224 e. The van der Waals surface area contributed by atoms with Gasteiger partial charge in [0, 0.05) is 19.5 Å². The van der Waals surface area contributed by atoms with Crippen molar-refractivity contribution < 1.29 is 14.3 Å². The van der Waals surface area contributed by atoms with Crippen LogP contribution in [-0.2, 0) is 24.2 Å². The molecule has 4 aromatic rings. The van der Waals surface area contributed by atoms with Crippen LogP contribution in [0.4, 0.5) is 0 Å². The van der Waals surface area contributed by atoms with E-state index < -0.39 is 0 Å². The van der Waals surface area contributed by atoms with Gasteiger partial charge < -0.3 is 19.4 Å². The quantitative estimate of drug-likeness (QED) is 0.146. The molecule has 0 aliphatic heterocycles. The number of ether oxygens (including phenoxy) is 2. The van der Waals surface area contributed by atoms with Gasteiger partial charge in [-0.15, -0.1) is 0 Å². The second-order valence-electron chi connectivity index (χ2n) is 11.1. The molecule has 1 amide bonds. The van der Waals surface area contributed by atoms with Gasteiger partial charge in [-0.3, -0.25) is 4.79 Å². The Morgan fingerprint density at radius 3 is 2.54 bits per heavy atom. The highest BCUT2D eigenvalue weighted by molar-refractivity contribution is 5.78. The van der Waals surface area contributed by atoms with Crippen LogP contribution in [0.15, 0.2) is 66.7 Å². The molecule has 1 heterocycles. The molecule has 0 bridgehead atoms. The van der Waals surface area contributed by atoms with E-state index in [-0.39, 0.29) is 5.91 Å². The maximum atomic E-state index is 12.3. The van der Waals surface area contributed by atoms with Gasteiger partial charge in [-0.1, -0.05) is 56.7 Å². The number of carbonyl (C=O) groups excluding carboxylic acids is 1. The van der Waals surface area contributed by atoms with Crippen LogP contribution in [0.1, 0.15) is 74.4 Å². The average Bonchev–Trinajstić information content (AvgIpc) is 3.32. The van der Waals surface area contributed by atoms with Crippen molar-refractivity contribution >= 4 is 16.9 Å². The van der Waals surface area contributed by atoms with Crippen LogP contribution in [0.3, 0.4) is 0 Å². The van der Waals surface area contributed by atoms with E-state index in [2.05, 4.69) is 73.1 Å². The van der Waals surface area contributed by atoms with E-state index in [1.54, 1.807) is 7.11 Å². The molecular weight excluding hydrogens is 510 g/mol. The fourth-order valence-electron chi connectivity index (χ4n) is 5.17. The molecule has 0 saturated heterocycles. The highest BCUT2D eigenvalue weighted by Crippen LogP contribution is 2.28. The molecule has 6 heteroatoms. The number of fused-ring (bicyclic) bond motifs is 1. The molecule has 6 nitrogen and oxygen atoms in total. The SMILES string of the molecule is COc1ccc(CC(=O)NCCCCCc2nc3ccccc3n2CCCCOc2cc(C)ccc2C(C)C)cc1. The van der Waals surface area contributed by atoms with Crippen molar-refractivity contribution in [1.29, 1.82) is 0 Å². The number of nitrogens with zero attached hydrogens (tertiary/aromatic N) is 2. The van der Waals surface area contributed by atoms with Gasteiger partial charge in [-0.05, 0) is 85.5 Å². The zero-order chi connectivity index (χ0) is 29.0. The van der Waals surface area contributed by atoms with Gasteiger partial charge in [-0.2, -0.15) is 0 Å². The number of unbranched alkanes of at least 4 members (excludes halogenated alkanes) is 3. The van der Waals surface area contributed by atoms with Gasteiger partial charge in [0.1, 0.15) is 17.3 Å². The van der Waals surface area contributed by atoms with Crippen LogP contribution in [0.2, 0.25) is 0 Å². The molecule has 0 unspecified atom stereocenters. The number of imidazole rings is 1. The fourth-order valence-corrected chi connectivity index (χ4v) is 5.17. The number of hydrogen-bond acceptors (Lipinski definition) is 4. The monoisotopic (exact) mass is 555 g/mol. The van der Waals surface area contributed by atoms with E-state index in [4.69, 9.17) is 14.5 Å². The normalized spacial score (nSPS) is 11.2. The molecule has 0 fully saturated rings. The van der Waals surface area contributed by atoms with Gasteiger partial charge >= 0.3 is 0 Å². The molecule has 0 saturated carbocycles. The van der Waals surface area contributed by atoms with Crippen molar-refractivity contribution in [2.45, 2.75) is 78.2 Å². The number of para-hydroxylation sites is 2. The fraction of sp³-hybridized carbons (Fsp3) is 0.429. The lowest BCUT2D eigenvalue weighted by Crippen LogP contribution is -2.26. The predicted octanol–water partition coefficient (Wildman–Crippen LogP) is 7.41. The lowest BCUT2D eigenvalue weighted by atomic mass is 10.0. The highest BCUT2D eigenvalue weighted by Gasteiger charge is 2.11. The third-order valence-corrected chi connectivity index (χ3v) is 7.48. The Kier molecular flexibility index (Phi) is 11.2. The van der Waals surface area contributed by atoms with Crippen molar-refractivity contribution in [3.8, 4) is 11.5 Å². The summed E-state index contributed by atoms with van der Waals surface area (Å²) in [5.41, 5.74) is 5.76. The Hall–Kier alpha value is -3.80. The van der Waals surface area contributed by atoms with Crippen molar-refractivity contribution in [3.05, 3.63) is 89.2 Å².